The molecular weight excluding hydrogens is 713 g/mol. The summed E-state index contributed by atoms with van der Waals surface area (Å²) in [6, 6.07) is 31.0. The average molecular weight is 745 g/mol. The first-order valence-electron chi connectivity index (χ1n) is 13.8. The van der Waals surface area contributed by atoms with E-state index >= 15 is 0 Å². The number of aryl methyl sites for hydroxylation is 3. The molecule has 4 aromatic heterocycles. The number of fused-ring (bicyclic) bond motifs is 4. The Hall–Kier alpha value is -3.90. The van der Waals surface area contributed by atoms with Crippen molar-refractivity contribution in [1.82, 2.24) is 19.5 Å². The number of para-hydroxylation sites is 1. The van der Waals surface area contributed by atoms with Crippen LogP contribution in [0.3, 0.4) is 0 Å². The van der Waals surface area contributed by atoms with E-state index in [1.165, 1.54) is 5.19 Å². The van der Waals surface area contributed by atoms with Gasteiger partial charge in [-0.3, -0.25) is 9.97 Å². The molecule has 0 bridgehead atoms. The van der Waals surface area contributed by atoms with Crippen LogP contribution in [0.2, 0.25) is 19.6 Å². The maximum Gasteiger partial charge on any atom is 0.120 e. The van der Waals surface area contributed by atoms with Gasteiger partial charge in [-0.05, 0) is 29.9 Å². The molecule has 42 heavy (non-hydrogen) atoms. The van der Waals surface area contributed by atoms with Crippen LogP contribution in [0, 0.1) is 26.0 Å². The maximum atomic E-state index is 6.19. The van der Waals surface area contributed by atoms with Crippen molar-refractivity contribution in [2.75, 3.05) is 0 Å². The fraction of sp³-hybridized carbons (Fsp3) is 0.171. The van der Waals surface area contributed by atoms with Gasteiger partial charge < -0.3 is 14.0 Å². The van der Waals surface area contributed by atoms with E-state index in [-0.39, 0.29) is 20.1 Å². The normalized spacial score (nSPS) is 11.4. The Morgan fingerprint density at radius 3 is 2.38 bits per heavy atom. The Labute approximate surface area is 261 Å². The molecule has 0 saturated heterocycles. The molecular formula is C35H32IrN4OSi-2. The summed E-state index contributed by atoms with van der Waals surface area (Å²) < 4.78 is 8.27. The zero-order chi connectivity index (χ0) is 28.7. The van der Waals surface area contributed by atoms with Crippen molar-refractivity contribution in [1.29, 1.82) is 0 Å². The van der Waals surface area contributed by atoms with Gasteiger partial charge in [0.05, 0.1) is 36.7 Å². The van der Waals surface area contributed by atoms with Crippen molar-refractivity contribution < 1.29 is 24.5 Å². The number of nitrogens with zero attached hydrogens (tertiary/aromatic N) is 4. The van der Waals surface area contributed by atoms with Crippen molar-refractivity contribution in [2.24, 2.45) is 7.05 Å². The summed E-state index contributed by atoms with van der Waals surface area (Å²) in [5, 5.41) is 3.65. The van der Waals surface area contributed by atoms with Gasteiger partial charge in [0.1, 0.15) is 5.58 Å². The summed E-state index contributed by atoms with van der Waals surface area (Å²) >= 11 is 0. The molecule has 1 radical (unpaired) electrons. The molecule has 0 fully saturated rings. The molecule has 3 aromatic carbocycles. The first kappa shape index (κ1) is 29.6. The van der Waals surface area contributed by atoms with E-state index in [0.29, 0.717) is 0 Å². The van der Waals surface area contributed by atoms with Crippen molar-refractivity contribution >= 4 is 46.2 Å². The second kappa shape index (κ2) is 11.8. The summed E-state index contributed by atoms with van der Waals surface area (Å²) in [6.07, 6.45) is 3.83. The van der Waals surface area contributed by atoms with Crippen molar-refractivity contribution in [2.45, 2.75) is 33.5 Å². The Morgan fingerprint density at radius 1 is 0.881 bits per heavy atom. The van der Waals surface area contributed by atoms with Gasteiger partial charge in [-0.15, -0.1) is 53.6 Å². The second-order valence-electron chi connectivity index (χ2n) is 11.4. The van der Waals surface area contributed by atoms with Crippen LogP contribution in [-0.4, -0.2) is 27.6 Å². The van der Waals surface area contributed by atoms with Gasteiger partial charge in [-0.1, -0.05) is 67.8 Å². The van der Waals surface area contributed by atoms with Gasteiger partial charge in [0.2, 0.25) is 0 Å². The van der Waals surface area contributed by atoms with E-state index in [0.717, 1.165) is 66.9 Å². The molecule has 0 N–H and O–H groups in total. The van der Waals surface area contributed by atoms with Crippen molar-refractivity contribution in [3.63, 3.8) is 0 Å². The molecule has 7 rings (SSSR count). The SMILES string of the molecule is C[Si](C)(C)c1ccc(-c2[c-]cccc2)nc1.Cc1cc2c(cn1)nc(-c1[c-]cc(C)c3c1oc1ccccc13)n2C.[Ir]. The predicted octanol–water partition coefficient (Wildman–Crippen LogP) is 8.04. The fourth-order valence-electron chi connectivity index (χ4n) is 5.07. The van der Waals surface area contributed by atoms with Crippen LogP contribution < -0.4 is 5.19 Å². The number of aromatic nitrogens is 4. The van der Waals surface area contributed by atoms with Gasteiger partial charge in [0.25, 0.3) is 0 Å². The zero-order valence-corrected chi connectivity index (χ0v) is 28.0. The van der Waals surface area contributed by atoms with Crippen molar-refractivity contribution in [3.05, 3.63) is 109 Å². The minimum absolute atomic E-state index is 0. The molecule has 4 heterocycles. The van der Waals surface area contributed by atoms with E-state index in [2.05, 4.69) is 77.5 Å². The van der Waals surface area contributed by atoms with Crippen LogP contribution in [0.15, 0.2) is 89.6 Å². The summed E-state index contributed by atoms with van der Waals surface area (Å²) in [6.45, 7) is 11.1. The molecule has 5 nitrogen and oxygen atoms in total. The molecule has 0 aliphatic carbocycles. The Morgan fingerprint density at radius 2 is 1.67 bits per heavy atom. The molecule has 0 aliphatic rings. The number of furan rings is 1. The third kappa shape index (κ3) is 5.60. The maximum absolute atomic E-state index is 6.19. The first-order chi connectivity index (χ1) is 19.7. The zero-order valence-electron chi connectivity index (χ0n) is 24.6. The molecule has 0 saturated carbocycles. The molecule has 213 valence electrons. The molecule has 0 spiro atoms. The Kier molecular flexibility index (Phi) is 8.29. The second-order valence-corrected chi connectivity index (χ2v) is 16.5. The molecule has 0 unspecified atom stereocenters. The standard InChI is InChI=1S/C21H16N3O.C14H16NSi.Ir/c1-12-8-9-15(20-19(12)14-6-4-5-7-18(14)25-20)21-23-16-11-22-13(2)10-17(16)24(21)3;1-16(2,3)13-9-10-14(15-11-13)12-7-5-4-6-8-12;/h4-8,10-11H,1-3H3;4-7,9-11H,1-3H3;/q2*-1;. The van der Waals surface area contributed by atoms with E-state index in [4.69, 9.17) is 9.40 Å². The molecule has 7 heteroatoms. The summed E-state index contributed by atoms with van der Waals surface area (Å²) in [4.78, 5) is 13.7. The number of imidazole rings is 1. The average Bonchev–Trinajstić information content (AvgIpc) is 3.52. The first-order valence-corrected chi connectivity index (χ1v) is 17.3. The molecule has 0 amide bonds. The van der Waals surface area contributed by atoms with Crippen LogP contribution in [0.4, 0.5) is 0 Å². The van der Waals surface area contributed by atoms with E-state index in [1.807, 2.05) is 74.9 Å². The molecule has 0 atom stereocenters. The van der Waals surface area contributed by atoms with Gasteiger partial charge in [-0.25, -0.2) is 0 Å². The fourth-order valence-corrected chi connectivity index (χ4v) is 6.10. The minimum Gasteiger partial charge on any atom is -0.501 e. The predicted molar refractivity (Wildman–Crippen MR) is 171 cm³/mol. The third-order valence-electron chi connectivity index (χ3n) is 7.39. The van der Waals surface area contributed by atoms with Crippen LogP contribution in [-0.2, 0) is 27.2 Å². The molecule has 0 aliphatic heterocycles. The van der Waals surface area contributed by atoms with Crippen LogP contribution in [0.25, 0.3) is 55.6 Å². The minimum atomic E-state index is -1.23. The smallest absolute Gasteiger partial charge is 0.120 e. The van der Waals surface area contributed by atoms with E-state index in [1.54, 1.807) is 0 Å². The van der Waals surface area contributed by atoms with E-state index in [9.17, 15) is 0 Å². The van der Waals surface area contributed by atoms with Crippen LogP contribution in [0.1, 0.15) is 11.3 Å². The summed E-state index contributed by atoms with van der Waals surface area (Å²) in [5.74, 6) is 0.839. The summed E-state index contributed by atoms with van der Waals surface area (Å²) in [5.41, 5.74) is 8.73. The number of pyridine rings is 2. The summed E-state index contributed by atoms with van der Waals surface area (Å²) in [7, 11) is 0.790. The largest absolute Gasteiger partial charge is 0.501 e. The van der Waals surface area contributed by atoms with Crippen molar-refractivity contribution in [3.8, 4) is 22.6 Å². The van der Waals surface area contributed by atoms with E-state index < -0.39 is 8.07 Å². The number of hydrogen-bond acceptors (Lipinski definition) is 4. The van der Waals surface area contributed by atoms with Crippen LogP contribution in [0.5, 0.6) is 0 Å². The van der Waals surface area contributed by atoms with Gasteiger partial charge in [0, 0.05) is 44.4 Å². The van der Waals surface area contributed by atoms with Crippen LogP contribution >= 0.6 is 0 Å². The third-order valence-corrected chi connectivity index (χ3v) is 9.42. The topological polar surface area (TPSA) is 56.7 Å². The number of hydrogen-bond donors (Lipinski definition) is 0. The van der Waals surface area contributed by atoms with Gasteiger partial charge >= 0.3 is 0 Å². The Balaban J connectivity index is 0.000000181. The quantitative estimate of drug-likeness (QED) is 0.136. The molecule has 7 aromatic rings. The Bertz CT molecular complexity index is 2010. The van der Waals surface area contributed by atoms with Gasteiger partial charge in [-0.2, -0.15) is 0 Å². The number of rotatable bonds is 3. The monoisotopic (exact) mass is 745 g/mol. The van der Waals surface area contributed by atoms with Gasteiger partial charge in [0.15, 0.2) is 0 Å². The number of benzene rings is 3.